The predicted octanol–water partition coefficient (Wildman–Crippen LogP) is 4.05. The normalized spacial score (nSPS) is 11.4. The van der Waals surface area contributed by atoms with Gasteiger partial charge in [-0.1, -0.05) is 53.0 Å². The molecule has 1 N–H and O–H groups in total. The smallest absolute Gasteiger partial charge is 0.265 e. The molecule has 2 heterocycles. The minimum absolute atomic E-state index is 0.0761. The molecule has 0 saturated heterocycles. The van der Waals surface area contributed by atoms with E-state index >= 15 is 0 Å². The number of hydrogen-bond donors (Lipinski definition) is 1. The van der Waals surface area contributed by atoms with Crippen LogP contribution in [0.1, 0.15) is 5.56 Å². The molecule has 0 fully saturated rings. The van der Waals surface area contributed by atoms with E-state index in [-0.39, 0.29) is 33.0 Å². The van der Waals surface area contributed by atoms with Crippen molar-refractivity contribution in [3.8, 4) is 0 Å². The van der Waals surface area contributed by atoms with Crippen LogP contribution in [0.4, 0.5) is 5.69 Å². The van der Waals surface area contributed by atoms with Crippen LogP contribution in [0.25, 0.3) is 0 Å². The lowest BCUT2D eigenvalue weighted by Crippen LogP contribution is -2.21. The first-order chi connectivity index (χ1) is 12.8. The maximum Gasteiger partial charge on any atom is 0.265 e. The zero-order valence-electron chi connectivity index (χ0n) is 13.6. The van der Waals surface area contributed by atoms with Crippen LogP contribution in [0.5, 0.6) is 0 Å². The zero-order chi connectivity index (χ0) is 19.6. The summed E-state index contributed by atoms with van der Waals surface area (Å²) in [6.07, 6.45) is 1.39. The number of nitrogens with zero attached hydrogens (tertiary/aromatic N) is 2. The van der Waals surface area contributed by atoms with Gasteiger partial charge in [-0.2, -0.15) is 0 Å². The highest BCUT2D eigenvalue weighted by molar-refractivity contribution is 7.92. The Balaban J connectivity index is 1.92. The maximum atomic E-state index is 12.6. The molecule has 27 heavy (non-hydrogen) atoms. The molecule has 0 radical (unpaired) electrons. The third kappa shape index (κ3) is 4.62. The summed E-state index contributed by atoms with van der Waals surface area (Å²) in [5.41, 5.74) is 0.614. The summed E-state index contributed by atoms with van der Waals surface area (Å²) in [6, 6.07) is 12.3. The summed E-state index contributed by atoms with van der Waals surface area (Å²) in [4.78, 5) is 15.6. The Labute approximate surface area is 170 Å². The molecule has 0 atom stereocenters. The first kappa shape index (κ1) is 19.7. The predicted molar refractivity (Wildman–Crippen MR) is 106 cm³/mol. The average molecular weight is 445 g/mol. The Morgan fingerprint density at radius 1 is 1.00 bits per heavy atom. The lowest BCUT2D eigenvalue weighted by Gasteiger charge is -2.12. The molecular weight excluding hydrogens is 433 g/mol. The highest BCUT2D eigenvalue weighted by Gasteiger charge is 2.19. The van der Waals surface area contributed by atoms with Gasteiger partial charge in [0, 0.05) is 17.3 Å². The van der Waals surface area contributed by atoms with Crippen LogP contribution in [0.15, 0.2) is 64.4 Å². The van der Waals surface area contributed by atoms with Gasteiger partial charge in [-0.25, -0.2) is 13.4 Å². The Bertz CT molecular complexity index is 1160. The van der Waals surface area contributed by atoms with Crippen molar-refractivity contribution in [1.82, 2.24) is 9.55 Å². The molecule has 2 aromatic heterocycles. The third-order valence-electron chi connectivity index (χ3n) is 3.60. The number of rotatable bonds is 5. The van der Waals surface area contributed by atoms with Crippen LogP contribution in [0.2, 0.25) is 15.3 Å². The van der Waals surface area contributed by atoms with E-state index in [0.29, 0.717) is 5.02 Å². The molecule has 0 aliphatic heterocycles. The fourth-order valence-corrected chi connectivity index (χ4v) is 4.24. The molecule has 1 aromatic carbocycles. The largest absolute Gasteiger partial charge is 0.309 e. The number of sulfonamides is 1. The second-order valence-corrected chi connectivity index (χ2v) is 8.31. The van der Waals surface area contributed by atoms with Gasteiger partial charge in [0.15, 0.2) is 5.15 Å². The molecule has 6 nitrogen and oxygen atoms in total. The molecular formula is C17H12Cl3N3O3S. The lowest BCUT2D eigenvalue weighted by molar-refractivity contribution is 0.600. The average Bonchev–Trinajstić information content (AvgIpc) is 2.59. The van der Waals surface area contributed by atoms with Gasteiger partial charge in [0.25, 0.3) is 15.6 Å². The van der Waals surface area contributed by atoms with Gasteiger partial charge < -0.3 is 4.57 Å². The molecule has 0 bridgehead atoms. The molecule has 0 spiro atoms. The molecule has 10 heteroatoms. The second kappa shape index (κ2) is 7.90. The SMILES string of the molecule is O=c1ccc(NS(=O)(=O)c2ccc(Cl)nc2Cl)cn1Cc1ccccc1Cl. The summed E-state index contributed by atoms with van der Waals surface area (Å²) in [5, 5.41) is 0.334. The lowest BCUT2D eigenvalue weighted by atomic mass is 10.2. The minimum Gasteiger partial charge on any atom is -0.309 e. The quantitative estimate of drug-likeness (QED) is 0.602. The van der Waals surface area contributed by atoms with Crippen LogP contribution in [0.3, 0.4) is 0 Å². The molecule has 140 valence electrons. The van der Waals surface area contributed by atoms with E-state index in [4.69, 9.17) is 34.8 Å². The first-order valence-corrected chi connectivity index (χ1v) is 10.2. The molecule has 0 aliphatic rings. The van der Waals surface area contributed by atoms with Gasteiger partial charge in [0.05, 0.1) is 12.2 Å². The van der Waals surface area contributed by atoms with Crippen LogP contribution in [0, 0.1) is 0 Å². The molecule has 0 amide bonds. The zero-order valence-corrected chi connectivity index (χ0v) is 16.6. The van der Waals surface area contributed by atoms with Crippen molar-refractivity contribution in [2.24, 2.45) is 0 Å². The highest BCUT2D eigenvalue weighted by atomic mass is 35.5. The fraction of sp³-hybridized carbons (Fsp3) is 0.0588. The van der Waals surface area contributed by atoms with Crippen molar-refractivity contribution in [2.75, 3.05) is 4.72 Å². The van der Waals surface area contributed by atoms with E-state index in [2.05, 4.69) is 9.71 Å². The standard InChI is InChI=1S/C17H12Cl3N3O3S/c18-13-4-2-1-3-11(13)9-23-10-12(5-8-16(23)24)22-27(25,26)14-6-7-15(19)21-17(14)20/h1-8,10,22H,9H2. The van der Waals surface area contributed by atoms with Gasteiger partial charge in [0.2, 0.25) is 0 Å². The van der Waals surface area contributed by atoms with Crippen LogP contribution >= 0.6 is 34.8 Å². The van der Waals surface area contributed by atoms with Crippen molar-refractivity contribution in [3.63, 3.8) is 0 Å². The third-order valence-corrected chi connectivity index (χ3v) is 6.00. The molecule has 0 aliphatic carbocycles. The van der Waals surface area contributed by atoms with Crippen molar-refractivity contribution in [1.29, 1.82) is 0 Å². The number of benzene rings is 1. The van der Waals surface area contributed by atoms with Crippen molar-refractivity contribution in [2.45, 2.75) is 11.4 Å². The number of aromatic nitrogens is 2. The Hall–Kier alpha value is -2.06. The van der Waals surface area contributed by atoms with E-state index in [1.54, 1.807) is 24.3 Å². The summed E-state index contributed by atoms with van der Waals surface area (Å²) < 4.78 is 28.8. The highest BCUT2D eigenvalue weighted by Crippen LogP contribution is 2.24. The Morgan fingerprint density at radius 2 is 1.74 bits per heavy atom. The van der Waals surface area contributed by atoms with E-state index in [9.17, 15) is 13.2 Å². The number of nitrogens with one attached hydrogen (secondary N) is 1. The van der Waals surface area contributed by atoms with Gasteiger partial charge in [0.1, 0.15) is 10.0 Å². The molecule has 3 aromatic rings. The summed E-state index contributed by atoms with van der Waals surface area (Å²) in [6.45, 7) is 0.192. The number of hydrogen-bond acceptors (Lipinski definition) is 4. The Kier molecular flexibility index (Phi) is 5.76. The van der Waals surface area contributed by atoms with Crippen LogP contribution in [-0.2, 0) is 16.6 Å². The summed E-state index contributed by atoms with van der Waals surface area (Å²) in [7, 11) is -4.02. The maximum absolute atomic E-state index is 12.6. The van der Waals surface area contributed by atoms with E-state index in [1.165, 1.54) is 35.0 Å². The molecule has 0 unspecified atom stereocenters. The van der Waals surface area contributed by atoms with Crippen LogP contribution in [-0.4, -0.2) is 18.0 Å². The number of halogens is 3. The van der Waals surface area contributed by atoms with E-state index in [1.807, 2.05) is 0 Å². The van der Waals surface area contributed by atoms with Crippen molar-refractivity contribution in [3.05, 3.63) is 86.0 Å². The van der Waals surface area contributed by atoms with E-state index in [0.717, 1.165) is 5.56 Å². The fourth-order valence-electron chi connectivity index (χ4n) is 2.34. The topological polar surface area (TPSA) is 81.1 Å². The van der Waals surface area contributed by atoms with Gasteiger partial charge in [-0.15, -0.1) is 0 Å². The van der Waals surface area contributed by atoms with E-state index < -0.39 is 10.0 Å². The number of pyridine rings is 2. The number of anilines is 1. The summed E-state index contributed by atoms with van der Waals surface area (Å²) >= 11 is 17.7. The van der Waals surface area contributed by atoms with Gasteiger partial charge in [-0.05, 0) is 29.8 Å². The molecule has 0 saturated carbocycles. The first-order valence-electron chi connectivity index (χ1n) is 7.55. The summed E-state index contributed by atoms with van der Waals surface area (Å²) in [5.74, 6) is 0. The Morgan fingerprint density at radius 3 is 2.44 bits per heavy atom. The molecule has 3 rings (SSSR count). The minimum atomic E-state index is -4.02. The second-order valence-electron chi connectivity index (χ2n) is 5.50. The monoisotopic (exact) mass is 443 g/mol. The van der Waals surface area contributed by atoms with Crippen LogP contribution < -0.4 is 10.3 Å². The van der Waals surface area contributed by atoms with Gasteiger partial charge >= 0.3 is 0 Å². The van der Waals surface area contributed by atoms with Crippen molar-refractivity contribution < 1.29 is 8.42 Å². The van der Waals surface area contributed by atoms with Crippen molar-refractivity contribution >= 4 is 50.5 Å². The van der Waals surface area contributed by atoms with Gasteiger partial charge in [-0.3, -0.25) is 9.52 Å².